The van der Waals surface area contributed by atoms with E-state index < -0.39 is 5.91 Å². The Morgan fingerprint density at radius 2 is 2.16 bits per heavy atom. The summed E-state index contributed by atoms with van der Waals surface area (Å²) < 4.78 is 7.15. The molecule has 0 spiro atoms. The first kappa shape index (κ1) is 25.0. The molecule has 1 fully saturated rings. The zero-order chi connectivity index (χ0) is 25.6. The van der Waals surface area contributed by atoms with E-state index in [9.17, 15) is 9.90 Å². The Bertz CT molecular complexity index is 1330. The second-order valence-electron chi connectivity index (χ2n) is 8.85. The lowest BCUT2D eigenvalue weighted by Crippen LogP contribution is -2.34. The molecule has 37 heavy (non-hydrogen) atoms. The van der Waals surface area contributed by atoms with Gasteiger partial charge >= 0.3 is 5.91 Å². The molecule has 0 radical (unpaired) electrons. The highest BCUT2D eigenvalue weighted by Crippen LogP contribution is 2.40. The molecule has 4 heterocycles. The van der Waals surface area contributed by atoms with Crippen molar-refractivity contribution in [2.45, 2.75) is 44.3 Å². The molecule has 2 aromatic heterocycles. The van der Waals surface area contributed by atoms with Gasteiger partial charge in [0, 0.05) is 35.8 Å². The van der Waals surface area contributed by atoms with Crippen LogP contribution in [0.2, 0.25) is 0 Å². The molecule has 0 bridgehead atoms. The number of amides is 1. The molecular formula is C26H28N6O4S. The summed E-state index contributed by atoms with van der Waals surface area (Å²) in [7, 11) is 0. The highest BCUT2D eigenvalue weighted by Gasteiger charge is 2.27. The summed E-state index contributed by atoms with van der Waals surface area (Å²) in [6, 6.07) is 11.8. The Hall–Kier alpha value is -3.70. The second kappa shape index (κ2) is 11.6. The number of benzene rings is 1. The number of aromatic nitrogens is 2. The van der Waals surface area contributed by atoms with Crippen molar-refractivity contribution in [2.75, 3.05) is 13.2 Å². The van der Waals surface area contributed by atoms with Gasteiger partial charge in [0.05, 0.1) is 18.4 Å². The van der Waals surface area contributed by atoms with Gasteiger partial charge in [0.1, 0.15) is 5.71 Å². The fourth-order valence-electron chi connectivity index (χ4n) is 4.61. The topological polar surface area (TPSA) is 114 Å². The Labute approximate surface area is 218 Å². The number of piperidine rings is 1. The van der Waals surface area contributed by atoms with Gasteiger partial charge in [-0.3, -0.25) is 19.2 Å². The normalized spacial score (nSPS) is 20.5. The van der Waals surface area contributed by atoms with Gasteiger partial charge in [-0.05, 0) is 37.5 Å². The maximum atomic E-state index is 12.3. The predicted molar refractivity (Wildman–Crippen MR) is 141 cm³/mol. The number of ether oxygens (including phenoxy) is 1. The van der Waals surface area contributed by atoms with Gasteiger partial charge in [0.15, 0.2) is 17.7 Å². The number of hydrogen-bond donors (Lipinski definition) is 1. The molecule has 0 unspecified atom stereocenters. The number of oxime groups is 1. The van der Waals surface area contributed by atoms with Crippen LogP contribution in [0.25, 0.3) is 10.9 Å². The van der Waals surface area contributed by atoms with Gasteiger partial charge < -0.3 is 14.7 Å². The minimum absolute atomic E-state index is 0.0362. The summed E-state index contributed by atoms with van der Waals surface area (Å²) in [5, 5.41) is 25.5. The van der Waals surface area contributed by atoms with Crippen molar-refractivity contribution in [1.29, 1.82) is 0 Å². The maximum absolute atomic E-state index is 12.3. The second-order valence-corrected chi connectivity index (χ2v) is 9.82. The van der Waals surface area contributed by atoms with Crippen molar-refractivity contribution in [3.63, 3.8) is 0 Å². The third-order valence-electron chi connectivity index (χ3n) is 6.38. The number of carbonyl (C=O) groups is 1. The van der Waals surface area contributed by atoms with Crippen molar-refractivity contribution < 1.29 is 19.5 Å². The van der Waals surface area contributed by atoms with Crippen molar-refractivity contribution in [3.8, 4) is 5.88 Å². The Morgan fingerprint density at radius 3 is 2.97 bits per heavy atom. The lowest BCUT2D eigenvalue weighted by atomic mass is 9.97. The van der Waals surface area contributed by atoms with Crippen LogP contribution in [-0.4, -0.2) is 49.8 Å². The maximum Gasteiger partial charge on any atom is 0.304 e. The molecule has 192 valence electrons. The van der Waals surface area contributed by atoms with E-state index >= 15 is 0 Å². The molecule has 5 rings (SSSR count). The minimum atomic E-state index is -0.612. The van der Waals surface area contributed by atoms with E-state index in [1.807, 2.05) is 46.5 Å². The van der Waals surface area contributed by atoms with Crippen LogP contribution >= 0.6 is 11.8 Å². The van der Waals surface area contributed by atoms with Crippen LogP contribution in [-0.2, 0) is 21.0 Å². The van der Waals surface area contributed by atoms with E-state index in [2.05, 4.69) is 31.3 Å². The molecule has 10 nitrogen and oxygen atoms in total. The SMILES string of the molecule is C/C(=N/OCC(=O)N=Nc1c(O)n(CN2CCCC[C@@H]2c2cccnc2)c2ccccc12)[C@H]1OC=CS1. The standard InChI is InChI=1S/C26H28N6O4S/c1-18(26-35-13-14-37-26)30-36-16-23(33)28-29-24-20-8-2-3-10-22(20)32(25(24)34)17-31-12-5-4-9-21(31)19-7-6-11-27-15-19/h2-3,6-8,10-11,13-15,21,26,34H,4-5,9,12,16-17H2,1H3/b29-28?,30-18-/t21-,26+/m1/s1. The smallest absolute Gasteiger partial charge is 0.304 e. The molecule has 1 N–H and O–H groups in total. The zero-order valence-electron chi connectivity index (χ0n) is 20.4. The first-order chi connectivity index (χ1) is 18.1. The summed E-state index contributed by atoms with van der Waals surface area (Å²) in [6.45, 7) is 2.76. The highest BCUT2D eigenvalue weighted by molar-refractivity contribution is 8.03. The summed E-state index contributed by atoms with van der Waals surface area (Å²) in [5.74, 6) is -0.649. The number of hydrogen-bond acceptors (Lipinski definition) is 9. The van der Waals surface area contributed by atoms with E-state index in [0.717, 1.165) is 36.9 Å². The minimum Gasteiger partial charge on any atom is -0.493 e. The lowest BCUT2D eigenvalue weighted by Gasteiger charge is -2.36. The Morgan fingerprint density at radius 1 is 1.27 bits per heavy atom. The molecule has 0 aliphatic carbocycles. The summed E-state index contributed by atoms with van der Waals surface area (Å²) >= 11 is 1.46. The molecule has 1 aromatic carbocycles. The lowest BCUT2D eigenvalue weighted by molar-refractivity contribution is -0.122. The number of aromatic hydroxyl groups is 1. The van der Waals surface area contributed by atoms with Gasteiger partial charge in [0.2, 0.25) is 5.88 Å². The quantitative estimate of drug-likeness (QED) is 0.237. The van der Waals surface area contributed by atoms with Gasteiger partial charge in [-0.2, -0.15) is 0 Å². The number of pyridine rings is 1. The van der Waals surface area contributed by atoms with Gasteiger partial charge in [-0.1, -0.05) is 47.6 Å². The average molecular weight is 521 g/mol. The van der Waals surface area contributed by atoms with Crippen LogP contribution in [0.4, 0.5) is 5.69 Å². The fourth-order valence-corrected chi connectivity index (χ4v) is 5.25. The molecule has 1 saturated heterocycles. The van der Waals surface area contributed by atoms with E-state index in [1.54, 1.807) is 19.4 Å². The molecule has 2 atom stereocenters. The van der Waals surface area contributed by atoms with Crippen LogP contribution in [0.1, 0.15) is 37.8 Å². The molecule has 2 aliphatic rings. The highest BCUT2D eigenvalue weighted by atomic mass is 32.2. The molecule has 0 saturated carbocycles. The van der Waals surface area contributed by atoms with Crippen molar-refractivity contribution >= 4 is 40.0 Å². The van der Waals surface area contributed by atoms with Crippen LogP contribution in [0, 0.1) is 0 Å². The van der Waals surface area contributed by atoms with Crippen molar-refractivity contribution in [3.05, 3.63) is 66.0 Å². The fraction of sp³-hybridized carbons (Fsp3) is 0.346. The van der Waals surface area contributed by atoms with E-state index in [1.165, 1.54) is 11.8 Å². The molecule has 11 heteroatoms. The molecule has 2 aliphatic heterocycles. The monoisotopic (exact) mass is 520 g/mol. The number of rotatable bonds is 8. The van der Waals surface area contributed by atoms with Crippen LogP contribution in [0.3, 0.4) is 0 Å². The Balaban J connectivity index is 1.32. The predicted octanol–water partition coefficient (Wildman–Crippen LogP) is 5.49. The van der Waals surface area contributed by atoms with Gasteiger partial charge in [-0.15, -0.1) is 10.2 Å². The van der Waals surface area contributed by atoms with Crippen LogP contribution < -0.4 is 0 Å². The van der Waals surface area contributed by atoms with Crippen molar-refractivity contribution in [1.82, 2.24) is 14.5 Å². The number of azo groups is 1. The summed E-state index contributed by atoms with van der Waals surface area (Å²) in [6.07, 6.45) is 8.52. The number of fused-ring (bicyclic) bond motifs is 1. The first-order valence-electron chi connectivity index (χ1n) is 12.1. The number of likely N-dealkylation sites (tertiary alicyclic amines) is 1. The third-order valence-corrected chi connectivity index (χ3v) is 7.35. The van der Waals surface area contributed by atoms with Crippen LogP contribution in [0.15, 0.2) is 75.8 Å². The molecule has 3 aromatic rings. The summed E-state index contributed by atoms with van der Waals surface area (Å²) in [4.78, 5) is 24.0. The van der Waals surface area contributed by atoms with E-state index in [4.69, 9.17) is 9.57 Å². The molecule has 1 amide bonds. The number of para-hydroxylation sites is 1. The average Bonchev–Trinajstić information content (AvgIpc) is 3.56. The summed E-state index contributed by atoms with van der Waals surface area (Å²) in [5.41, 5.74) is 2.58. The van der Waals surface area contributed by atoms with Gasteiger partial charge in [-0.25, -0.2) is 0 Å². The van der Waals surface area contributed by atoms with Crippen LogP contribution in [0.5, 0.6) is 5.88 Å². The Kier molecular flexibility index (Phi) is 7.81. The number of thioether (sulfide) groups is 1. The molecular weight excluding hydrogens is 492 g/mol. The van der Waals surface area contributed by atoms with E-state index in [-0.39, 0.29) is 29.7 Å². The van der Waals surface area contributed by atoms with Crippen molar-refractivity contribution in [2.24, 2.45) is 15.4 Å². The third kappa shape index (κ3) is 5.67. The first-order valence-corrected chi connectivity index (χ1v) is 13.1. The number of carbonyl (C=O) groups excluding carboxylic acids is 1. The number of nitrogens with zero attached hydrogens (tertiary/aromatic N) is 6. The zero-order valence-corrected chi connectivity index (χ0v) is 21.3. The largest absolute Gasteiger partial charge is 0.493 e. The van der Waals surface area contributed by atoms with E-state index in [0.29, 0.717) is 17.8 Å². The van der Waals surface area contributed by atoms with Gasteiger partial charge in [0.25, 0.3) is 0 Å².